The van der Waals surface area contributed by atoms with E-state index in [-0.39, 0.29) is 11.1 Å². The van der Waals surface area contributed by atoms with Crippen LogP contribution in [0.5, 0.6) is 5.75 Å². The van der Waals surface area contributed by atoms with E-state index in [0.29, 0.717) is 0 Å². The Balaban J connectivity index is 2.37. The zero-order valence-corrected chi connectivity index (χ0v) is 9.12. The summed E-state index contributed by atoms with van der Waals surface area (Å²) >= 11 is 0. The number of carbonyl (C=O) groups excluding carboxylic acids is 1. The lowest BCUT2D eigenvalue weighted by atomic mass is 9.97. The molecule has 0 N–H and O–H groups in total. The van der Waals surface area contributed by atoms with Crippen LogP contribution in [0.2, 0.25) is 0 Å². The average molecular weight is 264 g/mol. The first-order valence-corrected chi connectivity index (χ1v) is 5.02. The van der Waals surface area contributed by atoms with Crippen LogP contribution in [-0.4, -0.2) is 18.4 Å². The highest BCUT2D eigenvalue weighted by atomic mass is 19.4. The van der Waals surface area contributed by atoms with E-state index < -0.39 is 30.4 Å². The van der Waals surface area contributed by atoms with E-state index in [1.54, 1.807) is 0 Å². The first kappa shape index (κ1) is 12.7. The lowest BCUT2D eigenvalue weighted by Gasteiger charge is -2.25. The van der Waals surface area contributed by atoms with Crippen molar-refractivity contribution in [1.29, 1.82) is 0 Å². The van der Waals surface area contributed by atoms with Crippen molar-refractivity contribution in [3.63, 3.8) is 0 Å². The minimum Gasteiger partial charge on any atom is -0.456 e. The second-order valence-electron chi connectivity index (χ2n) is 3.81. The maximum Gasteiger partial charge on any atom is 0.573 e. The first-order valence-electron chi connectivity index (χ1n) is 5.02. The van der Waals surface area contributed by atoms with Crippen molar-refractivity contribution in [2.45, 2.75) is 25.6 Å². The van der Waals surface area contributed by atoms with Gasteiger partial charge in [0.15, 0.2) is 6.17 Å². The number of ether oxygens (including phenoxy) is 2. The van der Waals surface area contributed by atoms with Gasteiger partial charge in [0.2, 0.25) is 0 Å². The molecular formula is C11H8F4O3. The van der Waals surface area contributed by atoms with Crippen molar-refractivity contribution in [3.05, 3.63) is 29.3 Å². The van der Waals surface area contributed by atoms with Crippen molar-refractivity contribution in [2.75, 3.05) is 0 Å². The van der Waals surface area contributed by atoms with Crippen LogP contribution >= 0.6 is 0 Å². The fraction of sp³-hybridized carbons (Fsp3) is 0.364. The van der Waals surface area contributed by atoms with Gasteiger partial charge in [-0.25, -0.2) is 9.18 Å². The highest BCUT2D eigenvalue weighted by molar-refractivity contribution is 5.93. The van der Waals surface area contributed by atoms with Crippen molar-refractivity contribution < 1.29 is 31.8 Å². The van der Waals surface area contributed by atoms with Gasteiger partial charge in [-0.1, -0.05) is 6.07 Å². The lowest BCUT2D eigenvalue weighted by molar-refractivity contribution is -0.274. The van der Waals surface area contributed by atoms with Gasteiger partial charge in [-0.05, 0) is 19.1 Å². The third-order valence-electron chi connectivity index (χ3n) is 2.48. The largest absolute Gasteiger partial charge is 0.573 e. The van der Waals surface area contributed by atoms with E-state index >= 15 is 0 Å². The number of esters is 1. The molecule has 0 unspecified atom stereocenters. The van der Waals surface area contributed by atoms with E-state index in [0.717, 1.165) is 18.2 Å². The molecule has 0 bridgehead atoms. The van der Waals surface area contributed by atoms with Gasteiger partial charge in [-0.3, -0.25) is 0 Å². The molecule has 0 fully saturated rings. The Bertz CT molecular complexity index is 484. The molecule has 2 atom stereocenters. The molecule has 1 aromatic carbocycles. The Hall–Kier alpha value is -1.79. The zero-order chi connectivity index (χ0) is 13.5. The maximum absolute atomic E-state index is 13.7. The summed E-state index contributed by atoms with van der Waals surface area (Å²) in [5, 5.41) is 0. The topological polar surface area (TPSA) is 35.5 Å². The molecule has 98 valence electrons. The third kappa shape index (κ3) is 2.39. The molecule has 0 spiro atoms. The number of halogens is 4. The smallest absolute Gasteiger partial charge is 0.456 e. The third-order valence-corrected chi connectivity index (χ3v) is 2.48. The SMILES string of the molecule is C[C@@H]1OC(=O)c2cc(OC(F)(F)F)ccc2[C@@H]1F. The van der Waals surface area contributed by atoms with Gasteiger partial charge >= 0.3 is 12.3 Å². The molecular weight excluding hydrogens is 256 g/mol. The van der Waals surface area contributed by atoms with Crippen molar-refractivity contribution in [3.8, 4) is 5.75 Å². The minimum atomic E-state index is -4.87. The predicted molar refractivity (Wildman–Crippen MR) is 51.9 cm³/mol. The van der Waals surface area contributed by atoms with Crippen LogP contribution in [0.1, 0.15) is 29.0 Å². The average Bonchev–Trinajstić information content (AvgIpc) is 2.24. The van der Waals surface area contributed by atoms with Crippen LogP contribution in [0.4, 0.5) is 17.6 Å². The van der Waals surface area contributed by atoms with Gasteiger partial charge in [-0.15, -0.1) is 13.2 Å². The van der Waals surface area contributed by atoms with Crippen LogP contribution in [0.25, 0.3) is 0 Å². The summed E-state index contributed by atoms with van der Waals surface area (Å²) in [6.45, 7) is 1.37. The van der Waals surface area contributed by atoms with Gasteiger partial charge in [-0.2, -0.15) is 0 Å². The van der Waals surface area contributed by atoms with Crippen molar-refractivity contribution >= 4 is 5.97 Å². The summed E-state index contributed by atoms with van der Waals surface area (Å²) in [6, 6.07) is 2.88. The summed E-state index contributed by atoms with van der Waals surface area (Å²) < 4.78 is 58.0. The number of benzene rings is 1. The number of fused-ring (bicyclic) bond motifs is 1. The van der Waals surface area contributed by atoms with E-state index in [4.69, 9.17) is 0 Å². The molecule has 0 radical (unpaired) electrons. The van der Waals surface area contributed by atoms with Crippen molar-refractivity contribution in [1.82, 2.24) is 0 Å². The van der Waals surface area contributed by atoms with Gasteiger partial charge in [0.1, 0.15) is 11.9 Å². The van der Waals surface area contributed by atoms with Crippen LogP contribution in [-0.2, 0) is 4.74 Å². The molecule has 18 heavy (non-hydrogen) atoms. The van der Waals surface area contributed by atoms with E-state index in [1.807, 2.05) is 0 Å². The second-order valence-corrected chi connectivity index (χ2v) is 3.81. The number of hydrogen-bond acceptors (Lipinski definition) is 3. The Kier molecular flexibility index (Phi) is 2.92. The fourth-order valence-corrected chi connectivity index (χ4v) is 1.69. The quantitative estimate of drug-likeness (QED) is 0.577. The van der Waals surface area contributed by atoms with Crippen LogP contribution in [0.3, 0.4) is 0 Å². The number of carbonyl (C=O) groups is 1. The minimum absolute atomic E-state index is 0.00766. The molecule has 1 heterocycles. The summed E-state index contributed by atoms with van der Waals surface area (Å²) in [7, 11) is 0. The van der Waals surface area contributed by atoms with Gasteiger partial charge in [0.05, 0.1) is 5.56 Å². The number of rotatable bonds is 1. The highest BCUT2D eigenvalue weighted by Gasteiger charge is 2.35. The number of hydrogen-bond donors (Lipinski definition) is 0. The molecule has 0 aliphatic carbocycles. The van der Waals surface area contributed by atoms with Crippen LogP contribution in [0.15, 0.2) is 18.2 Å². The summed E-state index contributed by atoms with van der Waals surface area (Å²) in [5.41, 5.74) is -0.240. The highest BCUT2D eigenvalue weighted by Crippen LogP contribution is 2.35. The number of cyclic esters (lactones) is 1. The molecule has 7 heteroatoms. The molecule has 2 rings (SSSR count). The molecule has 0 saturated heterocycles. The monoisotopic (exact) mass is 264 g/mol. The Morgan fingerprint density at radius 2 is 2.00 bits per heavy atom. The van der Waals surface area contributed by atoms with E-state index in [2.05, 4.69) is 9.47 Å². The number of alkyl halides is 4. The Morgan fingerprint density at radius 1 is 1.33 bits per heavy atom. The maximum atomic E-state index is 13.7. The summed E-state index contributed by atoms with van der Waals surface area (Å²) in [5.74, 6) is -1.45. The molecule has 3 nitrogen and oxygen atoms in total. The molecule has 1 aliphatic heterocycles. The van der Waals surface area contributed by atoms with Crippen LogP contribution < -0.4 is 4.74 Å². The van der Waals surface area contributed by atoms with E-state index in [9.17, 15) is 22.4 Å². The first-order chi connectivity index (χ1) is 8.28. The lowest BCUT2D eigenvalue weighted by Crippen LogP contribution is -2.28. The van der Waals surface area contributed by atoms with Gasteiger partial charge in [0, 0.05) is 5.56 Å². The normalized spacial score (nSPS) is 23.3. The molecule has 0 aromatic heterocycles. The van der Waals surface area contributed by atoms with Crippen LogP contribution in [0, 0.1) is 0 Å². The van der Waals surface area contributed by atoms with Gasteiger partial charge in [0.25, 0.3) is 0 Å². The van der Waals surface area contributed by atoms with Gasteiger partial charge < -0.3 is 9.47 Å². The Labute approximate surface area is 99.3 Å². The standard InChI is InChI=1S/C11H8F4O3/c1-5-9(12)7-3-2-6(18-11(13,14)15)4-8(7)10(16)17-5/h2-5,9H,1H3/t5-,9+/m0/s1. The van der Waals surface area contributed by atoms with E-state index in [1.165, 1.54) is 6.92 Å². The summed E-state index contributed by atoms with van der Waals surface area (Å²) in [6.07, 6.45) is -7.38. The molecule has 0 saturated carbocycles. The van der Waals surface area contributed by atoms with Crippen molar-refractivity contribution in [2.24, 2.45) is 0 Å². The second kappa shape index (κ2) is 4.15. The fourth-order valence-electron chi connectivity index (χ4n) is 1.69. The molecule has 1 aromatic rings. The zero-order valence-electron chi connectivity index (χ0n) is 9.12. The Morgan fingerprint density at radius 3 is 2.61 bits per heavy atom. The molecule has 0 amide bonds. The molecule has 1 aliphatic rings. The predicted octanol–water partition coefficient (Wildman–Crippen LogP) is 3.15. The summed E-state index contributed by atoms with van der Waals surface area (Å²) in [4.78, 5) is 11.4.